The second-order valence-electron chi connectivity index (χ2n) is 5.20. The first kappa shape index (κ1) is 16.6. The normalized spacial score (nSPS) is 11.5. The van der Waals surface area contributed by atoms with Crippen LogP contribution in [0.15, 0.2) is 48.7 Å². The van der Waals surface area contributed by atoms with E-state index < -0.39 is 17.7 Å². The van der Waals surface area contributed by atoms with E-state index in [1.807, 2.05) is 0 Å². The summed E-state index contributed by atoms with van der Waals surface area (Å²) in [6.07, 6.45) is -3.75. The van der Waals surface area contributed by atoms with E-state index in [-0.39, 0.29) is 27.9 Å². The van der Waals surface area contributed by atoms with Crippen LogP contribution in [0, 0.1) is 0 Å². The van der Waals surface area contributed by atoms with Crippen LogP contribution in [0.25, 0.3) is 10.9 Å². The highest BCUT2D eigenvalue weighted by Gasteiger charge is 2.33. The zero-order valence-electron chi connectivity index (χ0n) is 12.5. The molecule has 1 heterocycles. The number of aromatic carboxylic acids is 1. The molecule has 0 aliphatic rings. The predicted octanol–water partition coefficient (Wildman–Crippen LogP) is 3.77. The Balaban J connectivity index is 2.24. The third-order valence-electron chi connectivity index (χ3n) is 3.56. The molecule has 128 valence electrons. The minimum absolute atomic E-state index is 0.0147. The van der Waals surface area contributed by atoms with Crippen molar-refractivity contribution in [3.05, 3.63) is 59.8 Å². The van der Waals surface area contributed by atoms with Crippen LogP contribution in [-0.4, -0.2) is 16.1 Å². The highest BCUT2D eigenvalue weighted by molar-refractivity contribution is 6.06. The number of carbonyl (C=O) groups is 1. The number of fused-ring (bicyclic) bond motifs is 1. The fourth-order valence-corrected chi connectivity index (χ4v) is 2.43. The number of halogens is 3. The lowest BCUT2D eigenvalue weighted by Gasteiger charge is -2.16. The van der Waals surface area contributed by atoms with Gasteiger partial charge in [-0.05, 0) is 18.2 Å². The number of rotatable bonds is 3. The number of aromatic nitrogens is 1. The number of hydrogen-bond donors (Lipinski definition) is 2. The number of alkyl halides is 3. The molecular weight excluding hydrogens is 337 g/mol. The van der Waals surface area contributed by atoms with E-state index in [1.54, 1.807) is 0 Å². The molecule has 0 saturated heterocycles. The molecule has 3 aromatic rings. The van der Waals surface area contributed by atoms with Crippen LogP contribution in [0.3, 0.4) is 0 Å². The van der Waals surface area contributed by atoms with Gasteiger partial charge in [0.15, 0.2) is 0 Å². The van der Waals surface area contributed by atoms with Gasteiger partial charge in [-0.25, -0.2) is 4.79 Å². The molecule has 0 radical (unpaired) electrons. The molecule has 0 bridgehead atoms. The van der Waals surface area contributed by atoms with Gasteiger partial charge in [0.25, 0.3) is 0 Å². The van der Waals surface area contributed by atoms with Crippen LogP contribution in [0.1, 0.15) is 15.9 Å². The van der Waals surface area contributed by atoms with Gasteiger partial charge in [0.05, 0.1) is 16.8 Å². The van der Waals surface area contributed by atoms with E-state index in [9.17, 15) is 28.2 Å². The summed E-state index contributed by atoms with van der Waals surface area (Å²) in [5.41, 5.74) is -1.25. The number of nitrogens with zero attached hydrogens (tertiary/aromatic N) is 1. The highest BCUT2D eigenvalue weighted by atomic mass is 19.4. The van der Waals surface area contributed by atoms with Crippen molar-refractivity contribution in [1.82, 2.24) is 4.98 Å². The lowest BCUT2D eigenvalue weighted by molar-refractivity contribution is -0.268. The zero-order valence-corrected chi connectivity index (χ0v) is 12.5. The van der Waals surface area contributed by atoms with Crippen molar-refractivity contribution < 1.29 is 28.2 Å². The van der Waals surface area contributed by atoms with E-state index in [0.717, 1.165) is 12.3 Å². The predicted molar refractivity (Wildman–Crippen MR) is 82.9 cm³/mol. The average Bonchev–Trinajstić information content (AvgIpc) is 2.55. The molecule has 5 nitrogen and oxygen atoms in total. The van der Waals surface area contributed by atoms with Crippen LogP contribution < -0.4 is 10.4 Å². The average molecular weight is 347 g/mol. The quantitative estimate of drug-likeness (QED) is 0.753. The molecule has 0 fully saturated rings. The molecule has 0 aliphatic heterocycles. The fraction of sp³-hybridized carbons (Fsp3) is 0.0588. The standard InChI is InChI=1S/C17H11F3N2O3/c18-17(19,20)13-3-1-2-11-14(12(16(24)25)8-21-15(11)13)22-9-4-6-10(23)7-5-9/h1-8,23H,(H,21,22)(H,24,25)/p-1. The van der Waals surface area contributed by atoms with E-state index in [1.165, 1.54) is 36.4 Å². The van der Waals surface area contributed by atoms with Crippen LogP contribution in [0.2, 0.25) is 0 Å². The molecular formula is C17H10F3N2O3-. The van der Waals surface area contributed by atoms with Crippen molar-refractivity contribution >= 4 is 28.2 Å². The second-order valence-corrected chi connectivity index (χ2v) is 5.20. The van der Waals surface area contributed by atoms with Gasteiger partial charge in [-0.15, -0.1) is 5.75 Å². The van der Waals surface area contributed by atoms with Crippen molar-refractivity contribution in [1.29, 1.82) is 0 Å². The van der Waals surface area contributed by atoms with Crippen molar-refractivity contribution in [2.45, 2.75) is 6.18 Å². The Labute approximate surface area is 139 Å². The number of nitrogens with one attached hydrogen (secondary N) is 1. The Morgan fingerprint density at radius 3 is 2.40 bits per heavy atom. The first-order valence-corrected chi connectivity index (χ1v) is 7.03. The first-order valence-electron chi connectivity index (χ1n) is 7.03. The van der Waals surface area contributed by atoms with Gasteiger partial charge in [0, 0.05) is 17.3 Å². The maximum absolute atomic E-state index is 13.2. The molecule has 0 amide bonds. The summed E-state index contributed by atoms with van der Waals surface area (Å²) in [5, 5.41) is 23.3. The van der Waals surface area contributed by atoms with Gasteiger partial charge in [-0.3, -0.25) is 4.98 Å². The van der Waals surface area contributed by atoms with Gasteiger partial charge in [0.2, 0.25) is 0 Å². The third kappa shape index (κ3) is 3.18. The highest BCUT2D eigenvalue weighted by Crippen LogP contribution is 2.37. The van der Waals surface area contributed by atoms with Crippen LogP contribution in [-0.2, 0) is 6.18 Å². The molecule has 0 spiro atoms. The Morgan fingerprint density at radius 2 is 1.80 bits per heavy atom. The molecule has 1 aromatic heterocycles. The van der Waals surface area contributed by atoms with Crippen molar-refractivity contribution in [3.8, 4) is 5.75 Å². The van der Waals surface area contributed by atoms with Crippen LogP contribution >= 0.6 is 0 Å². The summed E-state index contributed by atoms with van der Waals surface area (Å²) in [4.78, 5) is 15.1. The van der Waals surface area contributed by atoms with Gasteiger partial charge in [0.1, 0.15) is 5.56 Å². The monoisotopic (exact) mass is 347 g/mol. The van der Waals surface area contributed by atoms with Gasteiger partial charge < -0.3 is 15.5 Å². The lowest BCUT2D eigenvalue weighted by Crippen LogP contribution is -2.09. The lowest BCUT2D eigenvalue weighted by atomic mass is 10.0. The van der Waals surface area contributed by atoms with E-state index in [4.69, 9.17) is 0 Å². The van der Waals surface area contributed by atoms with Gasteiger partial charge in [-0.2, -0.15) is 13.2 Å². The molecule has 25 heavy (non-hydrogen) atoms. The number of hydrogen-bond acceptors (Lipinski definition) is 4. The Bertz CT molecular complexity index is 954. The van der Waals surface area contributed by atoms with E-state index >= 15 is 0 Å². The molecule has 8 heteroatoms. The first-order chi connectivity index (χ1) is 11.8. The smallest absolute Gasteiger partial charge is 0.418 e. The Morgan fingerprint density at radius 1 is 1.12 bits per heavy atom. The van der Waals surface area contributed by atoms with E-state index in [0.29, 0.717) is 5.69 Å². The molecule has 2 aromatic carbocycles. The van der Waals surface area contributed by atoms with Crippen molar-refractivity contribution in [2.24, 2.45) is 0 Å². The molecule has 0 unspecified atom stereocenters. The number of benzene rings is 2. The Hall–Kier alpha value is -3.29. The maximum Gasteiger partial charge on any atom is 0.418 e. The number of carboxylic acids is 1. The molecule has 2 N–H and O–H groups in total. The summed E-state index contributed by atoms with van der Waals surface area (Å²) in [6.45, 7) is 0. The summed E-state index contributed by atoms with van der Waals surface area (Å²) in [5.74, 6) is -1.59. The van der Waals surface area contributed by atoms with Crippen molar-refractivity contribution in [2.75, 3.05) is 5.32 Å². The van der Waals surface area contributed by atoms with Crippen LogP contribution in [0.4, 0.5) is 24.5 Å². The minimum atomic E-state index is -4.63. The summed E-state index contributed by atoms with van der Waals surface area (Å²) >= 11 is 0. The SMILES string of the molecule is O=C(O)c1cnc2c(C(F)(F)F)cccc2c1Nc1ccc([O-])cc1. The topological polar surface area (TPSA) is 85.3 Å². The zero-order chi connectivity index (χ0) is 18.2. The molecule has 0 atom stereocenters. The number of carboxylic acid groups (broad SMARTS) is 1. The van der Waals surface area contributed by atoms with E-state index in [2.05, 4.69) is 10.3 Å². The molecule has 0 saturated carbocycles. The van der Waals surface area contributed by atoms with Crippen LogP contribution in [0.5, 0.6) is 5.75 Å². The largest absolute Gasteiger partial charge is 0.872 e. The fourth-order valence-electron chi connectivity index (χ4n) is 2.43. The number of anilines is 2. The number of para-hydroxylation sites is 1. The maximum atomic E-state index is 13.2. The van der Waals surface area contributed by atoms with Crippen molar-refractivity contribution in [3.63, 3.8) is 0 Å². The summed E-state index contributed by atoms with van der Waals surface area (Å²) in [6, 6.07) is 8.76. The summed E-state index contributed by atoms with van der Waals surface area (Å²) < 4.78 is 39.5. The third-order valence-corrected chi connectivity index (χ3v) is 3.56. The second kappa shape index (κ2) is 5.97. The van der Waals surface area contributed by atoms with Gasteiger partial charge in [-0.1, -0.05) is 24.3 Å². The molecule has 0 aliphatic carbocycles. The summed E-state index contributed by atoms with van der Waals surface area (Å²) in [7, 11) is 0. The van der Waals surface area contributed by atoms with Gasteiger partial charge >= 0.3 is 12.1 Å². The Kier molecular flexibility index (Phi) is 3.96. The molecule has 3 rings (SSSR count). The minimum Gasteiger partial charge on any atom is -0.872 e. The number of pyridine rings is 1.